The Kier molecular flexibility index (Phi) is 3.91. The molecule has 2 rings (SSSR count). The molecular formula is C15H16OSi. The Labute approximate surface area is 105 Å². The van der Waals surface area contributed by atoms with Gasteiger partial charge in [-0.15, -0.1) is 0 Å². The van der Waals surface area contributed by atoms with Crippen LogP contribution >= 0.6 is 0 Å². The fourth-order valence-electron chi connectivity index (χ4n) is 1.82. The summed E-state index contributed by atoms with van der Waals surface area (Å²) in [5, 5.41) is 0. The molecule has 0 amide bonds. The average Bonchev–Trinajstić information content (AvgIpc) is 2.40. The van der Waals surface area contributed by atoms with E-state index in [1.807, 2.05) is 18.2 Å². The van der Waals surface area contributed by atoms with Crippen molar-refractivity contribution in [2.24, 2.45) is 0 Å². The highest BCUT2D eigenvalue weighted by molar-refractivity contribution is 5.97. The molecule has 0 atom stereocenters. The molecule has 0 bridgehead atoms. The summed E-state index contributed by atoms with van der Waals surface area (Å²) in [4.78, 5) is 0. The molecule has 0 heterocycles. The largest absolute Gasteiger partial charge is 0.424 e. The van der Waals surface area contributed by atoms with Crippen molar-refractivity contribution in [1.29, 1.82) is 0 Å². The normalized spacial score (nSPS) is 10.4. The Balaban J connectivity index is 2.28. The molecule has 0 fully saturated rings. The van der Waals surface area contributed by atoms with Gasteiger partial charge >= 0.3 is 0 Å². The van der Waals surface area contributed by atoms with Crippen molar-refractivity contribution in [2.45, 2.75) is 6.61 Å². The molecule has 0 N–H and O–H groups in total. The van der Waals surface area contributed by atoms with Crippen LogP contribution < -0.4 is 0 Å². The van der Waals surface area contributed by atoms with Gasteiger partial charge in [0.05, 0.1) is 6.61 Å². The van der Waals surface area contributed by atoms with Gasteiger partial charge in [0.2, 0.25) is 0 Å². The summed E-state index contributed by atoms with van der Waals surface area (Å²) in [7, 11) is 0.771. The Morgan fingerprint density at radius 3 is 2.41 bits per heavy atom. The molecule has 2 aromatic carbocycles. The molecule has 0 aliphatic heterocycles. The zero-order chi connectivity index (χ0) is 12.1. The van der Waals surface area contributed by atoms with Crippen LogP contribution in [-0.4, -0.2) is 10.5 Å². The molecule has 0 spiro atoms. The monoisotopic (exact) mass is 240 g/mol. The van der Waals surface area contributed by atoms with E-state index in [9.17, 15) is 0 Å². The fourth-order valence-corrected chi connectivity index (χ4v) is 2.15. The fraction of sp³-hybridized carbons (Fsp3) is 0.0667. The van der Waals surface area contributed by atoms with Crippen LogP contribution in [-0.2, 0) is 11.0 Å². The van der Waals surface area contributed by atoms with Gasteiger partial charge in [-0.3, -0.25) is 0 Å². The van der Waals surface area contributed by atoms with Gasteiger partial charge in [0.1, 0.15) is 10.5 Å². The van der Waals surface area contributed by atoms with Crippen molar-refractivity contribution < 1.29 is 4.43 Å². The zero-order valence-corrected chi connectivity index (χ0v) is 12.0. The lowest BCUT2D eigenvalue weighted by Crippen LogP contribution is -1.91. The highest BCUT2D eigenvalue weighted by Gasteiger charge is 2.02. The Morgan fingerprint density at radius 2 is 1.71 bits per heavy atom. The summed E-state index contributed by atoms with van der Waals surface area (Å²) in [5.74, 6) is 0. The maximum absolute atomic E-state index is 5.28. The standard InChI is InChI=1S/C15H16OSi/c1-12(14-7-3-2-4-8-14)15-9-5-6-13(10-15)11-16-17/h2-10H,1,11H2,17H3. The summed E-state index contributed by atoms with van der Waals surface area (Å²) < 4.78 is 5.28. The molecule has 0 saturated heterocycles. The second kappa shape index (κ2) is 5.62. The lowest BCUT2D eigenvalue weighted by molar-refractivity contribution is 0.338. The van der Waals surface area contributed by atoms with Gasteiger partial charge in [-0.1, -0.05) is 55.1 Å². The van der Waals surface area contributed by atoms with E-state index < -0.39 is 0 Å². The Bertz CT molecular complexity index is 505. The van der Waals surface area contributed by atoms with Gasteiger partial charge < -0.3 is 4.43 Å². The van der Waals surface area contributed by atoms with E-state index in [2.05, 4.69) is 43.0 Å². The first-order valence-corrected chi connectivity index (χ1v) is 6.45. The number of hydrogen-bond donors (Lipinski definition) is 0. The number of hydrogen-bond acceptors (Lipinski definition) is 1. The highest BCUT2D eigenvalue weighted by Crippen LogP contribution is 2.22. The molecule has 1 nitrogen and oxygen atoms in total. The first-order valence-electron chi connectivity index (χ1n) is 5.64. The first kappa shape index (κ1) is 11.8. The van der Waals surface area contributed by atoms with Crippen LogP contribution in [0.1, 0.15) is 16.7 Å². The average molecular weight is 240 g/mol. The minimum Gasteiger partial charge on any atom is -0.424 e. The zero-order valence-electron chi connectivity index (χ0n) is 10.0. The van der Waals surface area contributed by atoms with Gasteiger partial charge in [0, 0.05) is 0 Å². The summed E-state index contributed by atoms with van der Waals surface area (Å²) in [6.45, 7) is 4.86. The van der Waals surface area contributed by atoms with E-state index in [0.717, 1.165) is 27.2 Å². The maximum Gasteiger partial charge on any atom is 0.146 e. The van der Waals surface area contributed by atoms with Crippen LogP contribution in [0.5, 0.6) is 0 Å². The van der Waals surface area contributed by atoms with Crippen LogP contribution in [0.4, 0.5) is 0 Å². The predicted octanol–water partition coefficient (Wildman–Crippen LogP) is 2.55. The Morgan fingerprint density at radius 1 is 1.00 bits per heavy atom. The van der Waals surface area contributed by atoms with Gasteiger partial charge in [-0.2, -0.15) is 0 Å². The van der Waals surface area contributed by atoms with Crippen molar-refractivity contribution in [3.05, 3.63) is 77.9 Å². The Hall–Kier alpha value is -1.64. The van der Waals surface area contributed by atoms with Gasteiger partial charge in [-0.25, -0.2) is 0 Å². The molecule has 0 aromatic heterocycles. The van der Waals surface area contributed by atoms with Crippen molar-refractivity contribution in [2.75, 3.05) is 0 Å². The summed E-state index contributed by atoms with van der Waals surface area (Å²) >= 11 is 0. The SMILES string of the molecule is C=C(c1ccccc1)c1cccc(CO[SiH3])c1. The molecule has 17 heavy (non-hydrogen) atoms. The van der Waals surface area contributed by atoms with Crippen LogP contribution in [0.15, 0.2) is 61.2 Å². The summed E-state index contributed by atoms with van der Waals surface area (Å²) in [6, 6.07) is 18.6. The lowest BCUT2D eigenvalue weighted by atomic mass is 9.98. The topological polar surface area (TPSA) is 9.23 Å². The van der Waals surface area contributed by atoms with E-state index >= 15 is 0 Å². The molecule has 0 unspecified atom stereocenters. The third-order valence-corrected chi connectivity index (χ3v) is 3.00. The lowest BCUT2D eigenvalue weighted by Gasteiger charge is -2.08. The quantitative estimate of drug-likeness (QED) is 0.746. The predicted molar refractivity (Wildman–Crippen MR) is 75.7 cm³/mol. The molecule has 0 aliphatic rings. The van der Waals surface area contributed by atoms with Gasteiger partial charge in [0.15, 0.2) is 0 Å². The second-order valence-electron chi connectivity index (χ2n) is 3.98. The van der Waals surface area contributed by atoms with Crippen molar-refractivity contribution in [3.8, 4) is 0 Å². The second-order valence-corrected chi connectivity index (χ2v) is 4.56. The molecule has 86 valence electrons. The van der Waals surface area contributed by atoms with Crippen LogP contribution in [0.25, 0.3) is 5.57 Å². The third kappa shape index (κ3) is 2.93. The van der Waals surface area contributed by atoms with E-state index in [4.69, 9.17) is 4.43 Å². The van der Waals surface area contributed by atoms with E-state index in [1.165, 1.54) is 5.56 Å². The number of benzene rings is 2. The minimum absolute atomic E-state index is 0.697. The van der Waals surface area contributed by atoms with E-state index in [1.54, 1.807) is 0 Å². The molecule has 0 radical (unpaired) electrons. The molecule has 0 saturated carbocycles. The van der Waals surface area contributed by atoms with Gasteiger partial charge in [-0.05, 0) is 28.3 Å². The molecule has 2 heteroatoms. The summed E-state index contributed by atoms with van der Waals surface area (Å²) in [5.41, 5.74) is 4.58. The van der Waals surface area contributed by atoms with Crippen molar-refractivity contribution in [3.63, 3.8) is 0 Å². The number of rotatable bonds is 4. The van der Waals surface area contributed by atoms with Crippen molar-refractivity contribution >= 4 is 16.1 Å². The minimum atomic E-state index is 0.697. The first-order chi connectivity index (χ1) is 8.31. The molecular weight excluding hydrogens is 224 g/mol. The maximum atomic E-state index is 5.28. The van der Waals surface area contributed by atoms with Crippen molar-refractivity contribution in [1.82, 2.24) is 0 Å². The van der Waals surface area contributed by atoms with E-state index in [0.29, 0.717) is 6.61 Å². The highest BCUT2D eigenvalue weighted by atomic mass is 28.2. The third-order valence-electron chi connectivity index (χ3n) is 2.71. The van der Waals surface area contributed by atoms with Crippen LogP contribution in [0.2, 0.25) is 0 Å². The van der Waals surface area contributed by atoms with Gasteiger partial charge in [0.25, 0.3) is 0 Å². The molecule has 2 aromatic rings. The molecule has 0 aliphatic carbocycles. The van der Waals surface area contributed by atoms with E-state index in [-0.39, 0.29) is 0 Å². The van der Waals surface area contributed by atoms with Crippen LogP contribution in [0, 0.1) is 0 Å². The van der Waals surface area contributed by atoms with Crippen LogP contribution in [0.3, 0.4) is 0 Å². The smallest absolute Gasteiger partial charge is 0.146 e. The summed E-state index contributed by atoms with van der Waals surface area (Å²) in [6.07, 6.45) is 0.